The molecule has 0 aromatic heterocycles. The van der Waals surface area contributed by atoms with E-state index in [0.717, 1.165) is 11.1 Å². The van der Waals surface area contributed by atoms with Crippen LogP contribution in [0.1, 0.15) is 28.3 Å². The van der Waals surface area contributed by atoms with Crippen molar-refractivity contribution in [3.63, 3.8) is 0 Å². The van der Waals surface area contributed by atoms with E-state index < -0.39 is 17.7 Å². The van der Waals surface area contributed by atoms with Gasteiger partial charge in [-0.2, -0.15) is 0 Å². The molecule has 1 fully saturated rings. The highest BCUT2D eigenvalue weighted by Crippen LogP contribution is 2.43. The number of halogens is 1. The Kier molecular flexibility index (Phi) is 5.76. The first-order valence-corrected chi connectivity index (χ1v) is 10.5. The molecule has 3 aromatic carbocycles. The lowest BCUT2D eigenvalue weighted by Crippen LogP contribution is -2.29. The summed E-state index contributed by atoms with van der Waals surface area (Å²) in [5.41, 5.74) is 3.56. The van der Waals surface area contributed by atoms with Gasteiger partial charge in [0.05, 0.1) is 23.7 Å². The first-order chi connectivity index (χ1) is 15.3. The SMILES string of the molecule is COc1ccc(Cl)c(/C(O)=C2\C(=O)C(=O)N(c3ccc(C)c(C)c3)C2c2ccccc2)c1. The summed E-state index contributed by atoms with van der Waals surface area (Å²) in [5, 5.41) is 11.5. The molecule has 1 N–H and O–H groups in total. The third-order valence-corrected chi connectivity index (χ3v) is 6.09. The first-order valence-electron chi connectivity index (χ1n) is 10.1. The van der Waals surface area contributed by atoms with E-state index in [9.17, 15) is 14.7 Å². The fourth-order valence-electron chi connectivity index (χ4n) is 3.88. The first kappa shape index (κ1) is 21.7. The molecule has 1 saturated heterocycles. The molecule has 0 bridgehead atoms. The van der Waals surface area contributed by atoms with Crippen molar-refractivity contribution in [1.82, 2.24) is 0 Å². The monoisotopic (exact) mass is 447 g/mol. The molecule has 3 aromatic rings. The number of nitrogens with zero attached hydrogens (tertiary/aromatic N) is 1. The van der Waals surface area contributed by atoms with Crippen LogP contribution in [0.2, 0.25) is 5.02 Å². The largest absolute Gasteiger partial charge is 0.507 e. The average Bonchev–Trinajstić information content (AvgIpc) is 3.07. The Morgan fingerprint density at radius 2 is 1.69 bits per heavy atom. The number of Topliss-reactive ketones (excluding diaryl/α,β-unsaturated/α-hetero) is 1. The van der Waals surface area contributed by atoms with Crippen molar-refractivity contribution >= 4 is 34.7 Å². The highest BCUT2D eigenvalue weighted by molar-refractivity contribution is 6.52. The van der Waals surface area contributed by atoms with Crippen LogP contribution in [0.5, 0.6) is 5.75 Å². The Hall–Kier alpha value is -3.57. The Labute approximate surface area is 191 Å². The second kappa shape index (κ2) is 8.52. The lowest BCUT2D eigenvalue weighted by Gasteiger charge is -2.26. The average molecular weight is 448 g/mol. The zero-order valence-electron chi connectivity index (χ0n) is 17.9. The van der Waals surface area contributed by atoms with Crippen molar-refractivity contribution < 1.29 is 19.4 Å². The van der Waals surface area contributed by atoms with Crippen molar-refractivity contribution in [2.24, 2.45) is 0 Å². The van der Waals surface area contributed by atoms with E-state index in [1.165, 1.54) is 12.0 Å². The van der Waals surface area contributed by atoms with Gasteiger partial charge in [0.2, 0.25) is 0 Å². The molecule has 1 atom stereocenters. The number of anilines is 1. The predicted octanol–water partition coefficient (Wildman–Crippen LogP) is 5.59. The third-order valence-electron chi connectivity index (χ3n) is 5.76. The number of aryl methyl sites for hydroxylation is 2. The number of benzene rings is 3. The van der Waals surface area contributed by atoms with Gasteiger partial charge >= 0.3 is 0 Å². The van der Waals surface area contributed by atoms with Gasteiger partial charge in [0.1, 0.15) is 11.5 Å². The molecule has 0 spiro atoms. The van der Waals surface area contributed by atoms with Crippen molar-refractivity contribution in [3.8, 4) is 5.75 Å². The van der Waals surface area contributed by atoms with E-state index in [2.05, 4.69) is 0 Å². The number of amides is 1. The van der Waals surface area contributed by atoms with Crippen molar-refractivity contribution in [1.29, 1.82) is 0 Å². The van der Waals surface area contributed by atoms with Crippen LogP contribution >= 0.6 is 11.6 Å². The summed E-state index contributed by atoms with van der Waals surface area (Å²) >= 11 is 6.34. The number of hydrogen-bond acceptors (Lipinski definition) is 4. The Morgan fingerprint density at radius 3 is 2.34 bits per heavy atom. The number of ketones is 1. The van der Waals surface area contributed by atoms with Gasteiger partial charge in [-0.05, 0) is 60.9 Å². The number of rotatable bonds is 4. The molecule has 1 aliphatic heterocycles. The molecular weight excluding hydrogens is 426 g/mol. The minimum atomic E-state index is -0.805. The van der Waals surface area contributed by atoms with Crippen molar-refractivity contribution in [2.75, 3.05) is 12.0 Å². The van der Waals surface area contributed by atoms with Gasteiger partial charge in [0.25, 0.3) is 11.7 Å². The molecule has 4 rings (SSSR count). The van der Waals surface area contributed by atoms with Crippen molar-refractivity contribution in [3.05, 3.63) is 99.6 Å². The fourth-order valence-corrected chi connectivity index (χ4v) is 4.09. The Morgan fingerprint density at radius 1 is 0.969 bits per heavy atom. The van der Waals surface area contributed by atoms with Crippen molar-refractivity contribution in [2.45, 2.75) is 19.9 Å². The van der Waals surface area contributed by atoms with Gasteiger partial charge in [-0.25, -0.2) is 0 Å². The van der Waals surface area contributed by atoms with E-state index >= 15 is 0 Å². The molecule has 0 radical (unpaired) electrons. The summed E-state index contributed by atoms with van der Waals surface area (Å²) in [6.07, 6.45) is 0. The lowest BCUT2D eigenvalue weighted by atomic mass is 9.95. The summed E-state index contributed by atoms with van der Waals surface area (Å²) < 4.78 is 5.24. The quantitative estimate of drug-likeness (QED) is 0.321. The molecule has 1 aliphatic rings. The molecule has 1 amide bonds. The van der Waals surface area contributed by atoms with Crippen LogP contribution in [-0.4, -0.2) is 23.9 Å². The summed E-state index contributed by atoms with van der Waals surface area (Å²) in [6.45, 7) is 3.93. The van der Waals surface area contributed by atoms with Crippen LogP contribution in [0, 0.1) is 13.8 Å². The second-order valence-corrected chi connectivity index (χ2v) is 8.10. The number of carbonyl (C=O) groups excluding carboxylic acids is 2. The maximum Gasteiger partial charge on any atom is 0.300 e. The summed E-state index contributed by atoms with van der Waals surface area (Å²) in [7, 11) is 1.50. The molecule has 32 heavy (non-hydrogen) atoms. The molecule has 1 heterocycles. The third kappa shape index (κ3) is 3.65. The second-order valence-electron chi connectivity index (χ2n) is 7.69. The van der Waals surface area contributed by atoms with Crippen LogP contribution in [0.4, 0.5) is 5.69 Å². The van der Waals surface area contributed by atoms with Gasteiger partial charge in [0, 0.05) is 11.3 Å². The van der Waals surface area contributed by atoms with Crippen LogP contribution in [0.3, 0.4) is 0 Å². The minimum absolute atomic E-state index is 0.0189. The maximum absolute atomic E-state index is 13.2. The molecule has 1 unspecified atom stereocenters. The summed E-state index contributed by atoms with van der Waals surface area (Å²) in [4.78, 5) is 27.9. The number of carbonyl (C=O) groups is 2. The maximum atomic E-state index is 13.2. The highest BCUT2D eigenvalue weighted by atomic mass is 35.5. The van der Waals surface area contributed by atoms with Gasteiger partial charge in [-0.15, -0.1) is 0 Å². The summed E-state index contributed by atoms with van der Waals surface area (Å²) in [5.74, 6) is -1.35. The molecule has 0 aliphatic carbocycles. The van der Waals surface area contributed by atoms with E-state index in [0.29, 0.717) is 17.0 Å². The zero-order chi connectivity index (χ0) is 23.0. The van der Waals surface area contributed by atoms with Crippen LogP contribution in [0.15, 0.2) is 72.3 Å². The van der Waals surface area contributed by atoms with E-state index in [1.807, 2.05) is 62.4 Å². The molecule has 0 saturated carbocycles. The van der Waals surface area contributed by atoms with Gasteiger partial charge in [0.15, 0.2) is 0 Å². The molecule has 5 nitrogen and oxygen atoms in total. The topological polar surface area (TPSA) is 66.8 Å². The normalized spacial score (nSPS) is 17.6. The lowest BCUT2D eigenvalue weighted by molar-refractivity contribution is -0.132. The number of hydrogen-bond donors (Lipinski definition) is 1. The fraction of sp³-hybridized carbons (Fsp3) is 0.154. The van der Waals surface area contributed by atoms with E-state index in [-0.39, 0.29) is 21.9 Å². The molecule has 162 valence electrons. The highest BCUT2D eigenvalue weighted by Gasteiger charge is 2.47. The van der Waals surface area contributed by atoms with Gasteiger partial charge in [-0.3, -0.25) is 14.5 Å². The summed E-state index contributed by atoms with van der Waals surface area (Å²) in [6, 6.07) is 18.7. The van der Waals surface area contributed by atoms with Crippen LogP contribution in [0.25, 0.3) is 5.76 Å². The Balaban J connectivity index is 1.97. The number of methoxy groups -OCH3 is 1. The number of aliphatic hydroxyl groups excluding tert-OH is 1. The van der Waals surface area contributed by atoms with Crippen LogP contribution < -0.4 is 9.64 Å². The Bertz CT molecular complexity index is 1250. The number of ether oxygens (including phenoxy) is 1. The molecular formula is C26H22ClNO4. The van der Waals surface area contributed by atoms with Gasteiger partial charge in [-0.1, -0.05) is 48.0 Å². The molecule has 6 heteroatoms. The van der Waals surface area contributed by atoms with E-state index in [4.69, 9.17) is 16.3 Å². The minimum Gasteiger partial charge on any atom is -0.507 e. The standard InChI is InChI=1S/C26H22ClNO4/c1-15-9-10-18(13-16(15)2)28-23(17-7-5-4-6-8-17)22(25(30)26(28)31)24(29)20-14-19(32-3)11-12-21(20)27/h4-14,23,29H,1-3H3/b24-22+. The van der Waals surface area contributed by atoms with E-state index in [1.54, 1.807) is 18.2 Å². The number of aliphatic hydroxyl groups is 1. The van der Waals surface area contributed by atoms with Crippen LogP contribution in [-0.2, 0) is 9.59 Å². The smallest absolute Gasteiger partial charge is 0.300 e. The van der Waals surface area contributed by atoms with Gasteiger partial charge < -0.3 is 9.84 Å². The predicted molar refractivity (Wildman–Crippen MR) is 125 cm³/mol. The zero-order valence-corrected chi connectivity index (χ0v) is 18.7.